The lowest BCUT2D eigenvalue weighted by molar-refractivity contribution is 0.0930. The molecular formula is C14H18N4O. The number of amides is 1. The smallest absolute Gasteiger partial charge is 0.274 e. The predicted molar refractivity (Wildman–Crippen MR) is 72.8 cm³/mol. The van der Waals surface area contributed by atoms with Crippen molar-refractivity contribution in [3.05, 3.63) is 46.8 Å². The molecule has 1 unspecified atom stereocenters. The van der Waals surface area contributed by atoms with E-state index in [0.29, 0.717) is 11.4 Å². The van der Waals surface area contributed by atoms with Crippen LogP contribution < -0.4 is 5.32 Å². The Hall–Kier alpha value is -2.17. The molecule has 0 radical (unpaired) electrons. The molecule has 0 saturated heterocycles. The standard InChI is InChI=1S/C14H18N4O/c1-4-12(11-7-5-9(2)6-8-11)15-14(19)13-10(3)16-18-17-13/h5-8,12H,4H2,1-3H3,(H,15,19)(H,16,17,18). The van der Waals surface area contributed by atoms with Crippen LogP contribution in [-0.2, 0) is 0 Å². The van der Waals surface area contributed by atoms with Crippen LogP contribution in [0.3, 0.4) is 0 Å². The zero-order valence-electron chi connectivity index (χ0n) is 11.4. The fourth-order valence-electron chi connectivity index (χ4n) is 1.95. The Morgan fingerprint density at radius 2 is 1.95 bits per heavy atom. The fourth-order valence-corrected chi connectivity index (χ4v) is 1.95. The van der Waals surface area contributed by atoms with Crippen molar-refractivity contribution < 1.29 is 4.79 Å². The normalized spacial score (nSPS) is 12.2. The van der Waals surface area contributed by atoms with Crippen molar-refractivity contribution in [1.82, 2.24) is 20.7 Å². The summed E-state index contributed by atoms with van der Waals surface area (Å²) in [7, 11) is 0. The first kappa shape index (κ1) is 13.3. The van der Waals surface area contributed by atoms with Gasteiger partial charge in [-0.15, -0.1) is 0 Å². The number of rotatable bonds is 4. The van der Waals surface area contributed by atoms with Crippen molar-refractivity contribution in [1.29, 1.82) is 0 Å². The lowest BCUT2D eigenvalue weighted by Gasteiger charge is -2.17. The Labute approximate surface area is 112 Å². The van der Waals surface area contributed by atoms with Crippen LogP contribution in [0.5, 0.6) is 0 Å². The molecule has 19 heavy (non-hydrogen) atoms. The average molecular weight is 258 g/mol. The van der Waals surface area contributed by atoms with Crippen LogP contribution in [0.2, 0.25) is 0 Å². The highest BCUT2D eigenvalue weighted by Gasteiger charge is 2.17. The number of aromatic nitrogens is 3. The maximum Gasteiger partial charge on any atom is 0.274 e. The average Bonchev–Trinajstić information content (AvgIpc) is 2.83. The first-order chi connectivity index (χ1) is 9.11. The number of benzene rings is 1. The molecule has 0 bridgehead atoms. The number of carbonyl (C=O) groups is 1. The van der Waals surface area contributed by atoms with Crippen molar-refractivity contribution in [3.8, 4) is 0 Å². The summed E-state index contributed by atoms with van der Waals surface area (Å²) in [4.78, 5) is 12.1. The van der Waals surface area contributed by atoms with Gasteiger partial charge in [-0.05, 0) is 25.8 Å². The summed E-state index contributed by atoms with van der Waals surface area (Å²) in [5.74, 6) is -0.196. The molecule has 2 aromatic rings. The summed E-state index contributed by atoms with van der Waals surface area (Å²) in [6.07, 6.45) is 0.825. The third-order valence-corrected chi connectivity index (χ3v) is 3.13. The number of nitrogens with one attached hydrogen (secondary N) is 2. The second-order valence-electron chi connectivity index (χ2n) is 4.60. The minimum absolute atomic E-state index is 0.0100. The molecule has 100 valence electrons. The van der Waals surface area contributed by atoms with Gasteiger partial charge in [0.1, 0.15) is 0 Å². The van der Waals surface area contributed by atoms with Crippen LogP contribution in [0.25, 0.3) is 0 Å². The highest BCUT2D eigenvalue weighted by molar-refractivity contribution is 5.93. The number of aryl methyl sites for hydroxylation is 2. The molecule has 0 aliphatic carbocycles. The Morgan fingerprint density at radius 1 is 1.26 bits per heavy atom. The lowest BCUT2D eigenvalue weighted by atomic mass is 10.0. The van der Waals surface area contributed by atoms with Crippen molar-refractivity contribution in [2.75, 3.05) is 0 Å². The van der Waals surface area contributed by atoms with Gasteiger partial charge in [0, 0.05) is 0 Å². The van der Waals surface area contributed by atoms with E-state index in [9.17, 15) is 4.79 Å². The zero-order valence-corrected chi connectivity index (χ0v) is 11.4. The zero-order chi connectivity index (χ0) is 13.8. The third-order valence-electron chi connectivity index (χ3n) is 3.13. The summed E-state index contributed by atoms with van der Waals surface area (Å²) >= 11 is 0. The van der Waals surface area contributed by atoms with E-state index in [2.05, 4.69) is 20.7 Å². The van der Waals surface area contributed by atoms with Gasteiger partial charge >= 0.3 is 0 Å². The van der Waals surface area contributed by atoms with Gasteiger partial charge in [0.25, 0.3) is 5.91 Å². The van der Waals surface area contributed by atoms with E-state index in [0.717, 1.165) is 12.0 Å². The van der Waals surface area contributed by atoms with Crippen LogP contribution in [0, 0.1) is 13.8 Å². The summed E-state index contributed by atoms with van der Waals surface area (Å²) in [6, 6.07) is 8.17. The predicted octanol–water partition coefficient (Wildman–Crippen LogP) is 2.30. The molecular weight excluding hydrogens is 240 g/mol. The molecule has 5 heteroatoms. The van der Waals surface area contributed by atoms with E-state index in [4.69, 9.17) is 0 Å². The fraction of sp³-hybridized carbons (Fsp3) is 0.357. The number of carbonyl (C=O) groups excluding carboxylic acids is 1. The van der Waals surface area contributed by atoms with Gasteiger partial charge in [0.05, 0.1) is 11.7 Å². The molecule has 5 nitrogen and oxygen atoms in total. The summed E-state index contributed by atoms with van der Waals surface area (Å²) in [6.45, 7) is 5.84. The number of hydrogen-bond donors (Lipinski definition) is 2. The molecule has 0 fully saturated rings. The van der Waals surface area contributed by atoms with Crippen LogP contribution in [0.1, 0.15) is 46.7 Å². The van der Waals surface area contributed by atoms with E-state index in [1.165, 1.54) is 5.56 Å². The summed E-state index contributed by atoms with van der Waals surface area (Å²) in [5.41, 5.74) is 3.27. The largest absolute Gasteiger partial charge is 0.344 e. The van der Waals surface area contributed by atoms with Crippen LogP contribution in [0.4, 0.5) is 0 Å². The van der Waals surface area contributed by atoms with E-state index < -0.39 is 0 Å². The molecule has 0 aliphatic heterocycles. The van der Waals surface area contributed by atoms with Gasteiger partial charge in [0.2, 0.25) is 0 Å². The molecule has 2 rings (SSSR count). The van der Waals surface area contributed by atoms with E-state index in [1.54, 1.807) is 6.92 Å². The highest BCUT2D eigenvalue weighted by Crippen LogP contribution is 2.17. The minimum Gasteiger partial charge on any atom is -0.344 e. The molecule has 1 aromatic heterocycles. The van der Waals surface area contributed by atoms with Crippen molar-refractivity contribution in [3.63, 3.8) is 0 Å². The molecule has 0 saturated carbocycles. The van der Waals surface area contributed by atoms with E-state index in [-0.39, 0.29) is 11.9 Å². The molecule has 1 atom stereocenters. The lowest BCUT2D eigenvalue weighted by Crippen LogP contribution is -2.29. The molecule has 0 aliphatic rings. The van der Waals surface area contributed by atoms with Gasteiger partial charge in [0.15, 0.2) is 5.69 Å². The van der Waals surface area contributed by atoms with Crippen LogP contribution in [0.15, 0.2) is 24.3 Å². The Bertz CT molecular complexity index is 559. The van der Waals surface area contributed by atoms with Gasteiger partial charge in [-0.2, -0.15) is 15.4 Å². The van der Waals surface area contributed by atoms with Gasteiger partial charge in [-0.3, -0.25) is 4.79 Å². The topological polar surface area (TPSA) is 70.7 Å². The first-order valence-corrected chi connectivity index (χ1v) is 6.36. The van der Waals surface area contributed by atoms with Crippen LogP contribution >= 0.6 is 0 Å². The van der Waals surface area contributed by atoms with Gasteiger partial charge in [-0.25, -0.2) is 0 Å². The van der Waals surface area contributed by atoms with Gasteiger partial charge < -0.3 is 5.32 Å². The Balaban J connectivity index is 2.13. The molecule has 1 heterocycles. The van der Waals surface area contributed by atoms with Crippen LogP contribution in [-0.4, -0.2) is 21.3 Å². The molecule has 1 aromatic carbocycles. The molecule has 2 N–H and O–H groups in total. The van der Waals surface area contributed by atoms with Crippen molar-refractivity contribution in [2.45, 2.75) is 33.2 Å². The number of H-pyrrole nitrogens is 1. The first-order valence-electron chi connectivity index (χ1n) is 6.36. The monoisotopic (exact) mass is 258 g/mol. The minimum atomic E-state index is -0.196. The number of aromatic amines is 1. The number of hydrogen-bond acceptors (Lipinski definition) is 3. The molecule has 1 amide bonds. The van der Waals surface area contributed by atoms with E-state index in [1.807, 2.05) is 38.1 Å². The quantitative estimate of drug-likeness (QED) is 0.884. The maximum absolute atomic E-state index is 12.1. The Morgan fingerprint density at radius 3 is 2.47 bits per heavy atom. The molecule has 0 spiro atoms. The number of nitrogens with zero attached hydrogens (tertiary/aromatic N) is 2. The third kappa shape index (κ3) is 2.99. The summed E-state index contributed by atoms with van der Waals surface area (Å²) < 4.78 is 0. The Kier molecular flexibility index (Phi) is 3.94. The second-order valence-corrected chi connectivity index (χ2v) is 4.60. The second kappa shape index (κ2) is 5.65. The summed E-state index contributed by atoms with van der Waals surface area (Å²) in [5, 5.41) is 13.2. The van der Waals surface area contributed by atoms with Gasteiger partial charge in [-0.1, -0.05) is 36.8 Å². The van der Waals surface area contributed by atoms with Crippen molar-refractivity contribution >= 4 is 5.91 Å². The highest BCUT2D eigenvalue weighted by atomic mass is 16.2. The SMILES string of the molecule is CCC(NC(=O)c1n[nH]nc1C)c1ccc(C)cc1. The van der Waals surface area contributed by atoms with Crippen molar-refractivity contribution in [2.24, 2.45) is 0 Å². The maximum atomic E-state index is 12.1. The van der Waals surface area contributed by atoms with E-state index >= 15 is 0 Å².